The summed E-state index contributed by atoms with van der Waals surface area (Å²) in [5, 5.41) is 3.27. The van der Waals surface area contributed by atoms with Crippen molar-refractivity contribution >= 4 is 18.3 Å². The van der Waals surface area contributed by atoms with Crippen LogP contribution in [0.15, 0.2) is 0 Å². The molecule has 1 aliphatic heterocycles. The highest BCUT2D eigenvalue weighted by Gasteiger charge is 2.20. The molecule has 1 amide bonds. The maximum Gasteiger partial charge on any atom is 0.251 e. The van der Waals surface area contributed by atoms with Crippen LogP contribution >= 0.6 is 12.4 Å². The highest BCUT2D eigenvalue weighted by atomic mass is 35.5. The zero-order valence-electron chi connectivity index (χ0n) is 9.49. The van der Waals surface area contributed by atoms with Gasteiger partial charge in [0.2, 0.25) is 0 Å². The fraction of sp³-hybridized carbons (Fsp3) is 0.900. The number of nitrogens with zero attached hydrogens (tertiary/aromatic N) is 1. The number of ether oxygens (including phenoxy) is 1. The van der Waals surface area contributed by atoms with Crippen LogP contribution in [0.25, 0.3) is 0 Å². The molecule has 1 heterocycles. The van der Waals surface area contributed by atoms with Crippen molar-refractivity contribution in [1.29, 1.82) is 0 Å². The molecule has 0 aromatic heterocycles. The van der Waals surface area contributed by atoms with E-state index >= 15 is 0 Å². The summed E-state index contributed by atoms with van der Waals surface area (Å²) in [4.78, 5) is 13.7. The molecule has 0 saturated carbocycles. The third-order valence-corrected chi connectivity index (χ3v) is 2.42. The van der Waals surface area contributed by atoms with E-state index in [2.05, 4.69) is 5.32 Å². The fourth-order valence-corrected chi connectivity index (χ4v) is 1.64. The van der Waals surface area contributed by atoms with E-state index in [9.17, 15) is 4.79 Å². The molecule has 5 heteroatoms. The molecule has 1 unspecified atom stereocenters. The van der Waals surface area contributed by atoms with E-state index in [-0.39, 0.29) is 24.4 Å². The monoisotopic (exact) mass is 236 g/mol. The van der Waals surface area contributed by atoms with Gasteiger partial charge in [-0.15, -0.1) is 12.4 Å². The molecule has 1 N–H and O–H groups in total. The summed E-state index contributed by atoms with van der Waals surface area (Å²) in [6, 6.07) is 0. The van der Waals surface area contributed by atoms with Crippen molar-refractivity contribution in [3.63, 3.8) is 0 Å². The van der Waals surface area contributed by atoms with E-state index in [0.717, 1.165) is 32.6 Å². The van der Waals surface area contributed by atoms with E-state index in [1.807, 2.05) is 18.7 Å². The Morgan fingerprint density at radius 1 is 1.47 bits per heavy atom. The number of carbonyl (C=O) groups excluding carboxylic acids is 1. The van der Waals surface area contributed by atoms with Crippen molar-refractivity contribution < 1.29 is 9.53 Å². The van der Waals surface area contributed by atoms with Gasteiger partial charge in [0, 0.05) is 26.2 Å². The lowest BCUT2D eigenvalue weighted by atomic mass is 10.3. The van der Waals surface area contributed by atoms with Crippen LogP contribution in [0.1, 0.15) is 20.3 Å². The topological polar surface area (TPSA) is 41.6 Å². The van der Waals surface area contributed by atoms with Gasteiger partial charge in [0.05, 0.1) is 0 Å². The second-order valence-corrected chi connectivity index (χ2v) is 3.53. The van der Waals surface area contributed by atoms with Crippen LogP contribution in [0, 0.1) is 0 Å². The third kappa shape index (κ3) is 4.82. The standard InChI is InChI=1S/C10H20N2O2.ClH/c1-3-14-9(2)10(13)12-7-4-5-11-6-8-12;/h9,11H,3-8H2,1-2H3;1H. The van der Waals surface area contributed by atoms with Crippen molar-refractivity contribution in [1.82, 2.24) is 10.2 Å². The average molecular weight is 237 g/mol. The molecular formula is C10H21ClN2O2. The van der Waals surface area contributed by atoms with Crippen molar-refractivity contribution in [3.05, 3.63) is 0 Å². The molecule has 1 atom stereocenters. The zero-order valence-corrected chi connectivity index (χ0v) is 10.3. The number of nitrogens with one attached hydrogen (secondary N) is 1. The minimum atomic E-state index is -0.293. The molecule has 0 aliphatic carbocycles. The summed E-state index contributed by atoms with van der Waals surface area (Å²) in [6.45, 7) is 7.88. The van der Waals surface area contributed by atoms with Gasteiger partial charge in [-0.1, -0.05) is 0 Å². The number of rotatable bonds is 3. The Kier molecular flexibility index (Phi) is 7.74. The number of carbonyl (C=O) groups is 1. The summed E-state index contributed by atoms with van der Waals surface area (Å²) in [7, 11) is 0. The molecule has 1 fully saturated rings. The molecule has 1 rings (SSSR count). The predicted molar refractivity (Wildman–Crippen MR) is 62.4 cm³/mol. The first kappa shape index (κ1) is 14.7. The third-order valence-electron chi connectivity index (χ3n) is 2.42. The molecular weight excluding hydrogens is 216 g/mol. The zero-order chi connectivity index (χ0) is 10.4. The van der Waals surface area contributed by atoms with Crippen molar-refractivity contribution in [2.45, 2.75) is 26.4 Å². The largest absolute Gasteiger partial charge is 0.369 e. The van der Waals surface area contributed by atoms with E-state index in [4.69, 9.17) is 4.74 Å². The second kappa shape index (κ2) is 7.91. The Labute approximate surface area is 97.8 Å². The average Bonchev–Trinajstić information content (AvgIpc) is 2.45. The lowest BCUT2D eigenvalue weighted by Gasteiger charge is -2.23. The summed E-state index contributed by atoms with van der Waals surface area (Å²) in [5.41, 5.74) is 0. The number of hydrogen-bond acceptors (Lipinski definition) is 3. The van der Waals surface area contributed by atoms with Gasteiger partial charge in [0.25, 0.3) is 5.91 Å². The molecule has 0 bridgehead atoms. The molecule has 0 radical (unpaired) electrons. The molecule has 90 valence electrons. The quantitative estimate of drug-likeness (QED) is 0.783. The first-order valence-corrected chi connectivity index (χ1v) is 5.36. The van der Waals surface area contributed by atoms with E-state index in [1.54, 1.807) is 0 Å². The highest BCUT2D eigenvalue weighted by Crippen LogP contribution is 2.02. The summed E-state index contributed by atoms with van der Waals surface area (Å²) >= 11 is 0. The number of amides is 1. The SMILES string of the molecule is CCOC(C)C(=O)N1CCCNCC1.Cl. The minimum absolute atomic E-state index is 0. The fourth-order valence-electron chi connectivity index (χ4n) is 1.64. The Morgan fingerprint density at radius 3 is 2.87 bits per heavy atom. The predicted octanol–water partition coefficient (Wildman–Crippen LogP) is 0.655. The lowest BCUT2D eigenvalue weighted by molar-refractivity contribution is -0.142. The Balaban J connectivity index is 0.00000196. The molecule has 0 aromatic rings. The number of hydrogen-bond donors (Lipinski definition) is 1. The van der Waals surface area contributed by atoms with Crippen LogP contribution in [-0.2, 0) is 9.53 Å². The maximum absolute atomic E-state index is 11.8. The molecule has 4 nitrogen and oxygen atoms in total. The van der Waals surface area contributed by atoms with Crippen LogP contribution in [0.3, 0.4) is 0 Å². The first-order chi connectivity index (χ1) is 6.75. The number of halogens is 1. The molecule has 1 saturated heterocycles. The van der Waals surface area contributed by atoms with Crippen LogP contribution < -0.4 is 5.32 Å². The summed E-state index contributed by atoms with van der Waals surface area (Å²) in [5.74, 6) is 0.121. The van der Waals surface area contributed by atoms with Gasteiger partial charge < -0.3 is 15.0 Å². The Morgan fingerprint density at radius 2 is 2.20 bits per heavy atom. The lowest BCUT2D eigenvalue weighted by Crippen LogP contribution is -2.41. The van der Waals surface area contributed by atoms with Crippen LogP contribution in [0.2, 0.25) is 0 Å². The van der Waals surface area contributed by atoms with Crippen molar-refractivity contribution in [2.75, 3.05) is 32.8 Å². The van der Waals surface area contributed by atoms with Crippen LogP contribution in [0.4, 0.5) is 0 Å². The highest BCUT2D eigenvalue weighted by molar-refractivity contribution is 5.85. The van der Waals surface area contributed by atoms with Gasteiger partial charge in [0.1, 0.15) is 6.10 Å². The van der Waals surface area contributed by atoms with Crippen molar-refractivity contribution in [3.8, 4) is 0 Å². The van der Waals surface area contributed by atoms with Gasteiger partial charge in [-0.2, -0.15) is 0 Å². The van der Waals surface area contributed by atoms with E-state index < -0.39 is 0 Å². The van der Waals surface area contributed by atoms with Gasteiger partial charge in [-0.05, 0) is 26.8 Å². The summed E-state index contributed by atoms with van der Waals surface area (Å²) < 4.78 is 5.29. The Bertz CT molecular complexity index is 182. The normalized spacial score (nSPS) is 18.9. The molecule has 1 aliphatic rings. The smallest absolute Gasteiger partial charge is 0.251 e. The molecule has 0 aromatic carbocycles. The van der Waals surface area contributed by atoms with Gasteiger partial charge in [-0.25, -0.2) is 0 Å². The van der Waals surface area contributed by atoms with Gasteiger partial charge in [0.15, 0.2) is 0 Å². The molecule has 15 heavy (non-hydrogen) atoms. The van der Waals surface area contributed by atoms with Crippen LogP contribution in [0.5, 0.6) is 0 Å². The van der Waals surface area contributed by atoms with Gasteiger partial charge in [-0.3, -0.25) is 4.79 Å². The van der Waals surface area contributed by atoms with Crippen molar-refractivity contribution in [2.24, 2.45) is 0 Å². The second-order valence-electron chi connectivity index (χ2n) is 3.53. The van der Waals surface area contributed by atoms with Crippen LogP contribution in [-0.4, -0.2) is 49.7 Å². The van der Waals surface area contributed by atoms with E-state index in [1.165, 1.54) is 0 Å². The summed E-state index contributed by atoms with van der Waals surface area (Å²) in [6.07, 6.45) is 0.739. The maximum atomic E-state index is 11.8. The minimum Gasteiger partial charge on any atom is -0.369 e. The Hall–Kier alpha value is -0.320. The van der Waals surface area contributed by atoms with Gasteiger partial charge >= 0.3 is 0 Å². The first-order valence-electron chi connectivity index (χ1n) is 5.36. The molecule has 0 spiro atoms. The van der Waals surface area contributed by atoms with E-state index in [0.29, 0.717) is 6.61 Å².